The number of benzene rings is 2. The molecule has 1 aliphatic heterocycles. The summed E-state index contributed by atoms with van der Waals surface area (Å²) in [5, 5.41) is 13.0. The molecule has 1 amide bonds. The lowest BCUT2D eigenvalue weighted by atomic mass is 10.1. The van der Waals surface area contributed by atoms with Gasteiger partial charge in [-0.15, -0.1) is 0 Å². The van der Waals surface area contributed by atoms with Crippen LogP contribution in [0.1, 0.15) is 22.8 Å². The molecule has 0 saturated carbocycles. The highest BCUT2D eigenvalue weighted by atomic mass is 16.6. The maximum absolute atomic E-state index is 12.0. The number of fused-ring (bicyclic) bond motifs is 1. The zero-order valence-corrected chi connectivity index (χ0v) is 15.0. The zero-order chi connectivity index (χ0) is 18.5. The normalized spacial score (nSPS) is 13.8. The summed E-state index contributed by atoms with van der Waals surface area (Å²) in [5.41, 5.74) is 2.78. The molecule has 2 aromatic carbocycles. The number of aryl methyl sites for hydroxylation is 2. The van der Waals surface area contributed by atoms with Gasteiger partial charge in [0.15, 0.2) is 18.1 Å². The van der Waals surface area contributed by atoms with Crippen LogP contribution in [0.15, 0.2) is 36.4 Å². The van der Waals surface area contributed by atoms with E-state index in [1.54, 1.807) is 18.2 Å². The van der Waals surface area contributed by atoms with Gasteiger partial charge in [-0.2, -0.15) is 0 Å². The average molecular weight is 357 g/mol. The predicted molar refractivity (Wildman–Crippen MR) is 96.8 cm³/mol. The Balaban J connectivity index is 1.49. The number of hydrogen-bond acceptors (Lipinski definition) is 5. The summed E-state index contributed by atoms with van der Waals surface area (Å²) in [4.78, 5) is 12.0. The van der Waals surface area contributed by atoms with Crippen molar-refractivity contribution in [1.82, 2.24) is 5.32 Å². The second kappa shape index (κ2) is 8.10. The van der Waals surface area contributed by atoms with Gasteiger partial charge in [-0.25, -0.2) is 0 Å². The fourth-order valence-electron chi connectivity index (χ4n) is 2.75. The Labute approximate surface area is 152 Å². The molecule has 0 bridgehead atoms. The fourth-order valence-corrected chi connectivity index (χ4v) is 2.75. The molecule has 6 heteroatoms. The Morgan fingerprint density at radius 1 is 1.15 bits per heavy atom. The van der Waals surface area contributed by atoms with Crippen molar-refractivity contribution in [3.05, 3.63) is 53.1 Å². The van der Waals surface area contributed by atoms with Gasteiger partial charge in [0.2, 0.25) is 0 Å². The van der Waals surface area contributed by atoms with Crippen molar-refractivity contribution < 1.29 is 24.1 Å². The van der Waals surface area contributed by atoms with E-state index in [4.69, 9.17) is 14.2 Å². The molecular formula is C20H23NO5. The maximum atomic E-state index is 12.0. The first-order valence-electron chi connectivity index (χ1n) is 8.57. The molecule has 2 aromatic rings. The van der Waals surface area contributed by atoms with Gasteiger partial charge < -0.3 is 24.6 Å². The van der Waals surface area contributed by atoms with Gasteiger partial charge in [0.05, 0.1) is 6.10 Å². The van der Waals surface area contributed by atoms with E-state index in [1.165, 1.54) is 0 Å². The van der Waals surface area contributed by atoms with Gasteiger partial charge in [0.1, 0.15) is 19.0 Å². The number of ether oxygens (including phenoxy) is 3. The Morgan fingerprint density at radius 3 is 2.69 bits per heavy atom. The molecular weight excluding hydrogens is 334 g/mol. The molecule has 1 aliphatic rings. The number of amides is 1. The molecule has 3 rings (SSSR count). The minimum atomic E-state index is -0.837. The summed E-state index contributed by atoms with van der Waals surface area (Å²) in [6.07, 6.45) is -0.837. The first-order valence-corrected chi connectivity index (χ1v) is 8.57. The van der Waals surface area contributed by atoms with E-state index >= 15 is 0 Å². The van der Waals surface area contributed by atoms with E-state index in [1.807, 2.05) is 32.0 Å². The van der Waals surface area contributed by atoms with Gasteiger partial charge in [-0.1, -0.05) is 23.8 Å². The van der Waals surface area contributed by atoms with Crippen molar-refractivity contribution in [2.24, 2.45) is 0 Å². The minimum Gasteiger partial charge on any atom is -0.486 e. The molecule has 0 radical (unpaired) electrons. The van der Waals surface area contributed by atoms with E-state index in [-0.39, 0.29) is 19.1 Å². The monoisotopic (exact) mass is 357 g/mol. The van der Waals surface area contributed by atoms with E-state index < -0.39 is 6.10 Å². The third kappa shape index (κ3) is 4.46. The third-order valence-electron chi connectivity index (χ3n) is 4.13. The second-order valence-corrected chi connectivity index (χ2v) is 6.28. The molecule has 0 saturated heterocycles. The number of carbonyl (C=O) groups is 1. The van der Waals surface area contributed by atoms with Crippen molar-refractivity contribution in [2.75, 3.05) is 26.4 Å². The second-order valence-electron chi connectivity index (χ2n) is 6.28. The molecule has 1 heterocycles. The van der Waals surface area contributed by atoms with Crippen LogP contribution >= 0.6 is 0 Å². The van der Waals surface area contributed by atoms with Crippen LogP contribution < -0.4 is 19.5 Å². The van der Waals surface area contributed by atoms with Crippen LogP contribution in [0.25, 0.3) is 0 Å². The summed E-state index contributed by atoms with van der Waals surface area (Å²) >= 11 is 0. The predicted octanol–water partition coefficient (Wildman–Crippen LogP) is 2.30. The van der Waals surface area contributed by atoms with Gasteiger partial charge in [-0.3, -0.25) is 4.79 Å². The Bertz CT molecular complexity index is 790. The van der Waals surface area contributed by atoms with Crippen molar-refractivity contribution in [3.8, 4) is 17.2 Å². The van der Waals surface area contributed by atoms with E-state index in [2.05, 4.69) is 5.32 Å². The minimum absolute atomic E-state index is 0.0920. The van der Waals surface area contributed by atoms with Gasteiger partial charge >= 0.3 is 0 Å². The van der Waals surface area contributed by atoms with E-state index in [0.717, 1.165) is 11.1 Å². The molecule has 26 heavy (non-hydrogen) atoms. The van der Waals surface area contributed by atoms with Crippen LogP contribution in [0.5, 0.6) is 17.2 Å². The van der Waals surface area contributed by atoms with Crippen LogP contribution in [0.3, 0.4) is 0 Å². The lowest BCUT2D eigenvalue weighted by Crippen LogP contribution is -2.32. The van der Waals surface area contributed by atoms with Crippen LogP contribution in [-0.4, -0.2) is 37.4 Å². The number of nitrogens with one attached hydrogen (secondary N) is 1. The third-order valence-corrected chi connectivity index (χ3v) is 4.13. The molecule has 1 atom stereocenters. The topological polar surface area (TPSA) is 77.0 Å². The SMILES string of the molecule is Cc1ccc(OCC(=O)NCC(O)c2ccc3c(c2)OCCO3)c(C)c1. The summed E-state index contributed by atoms with van der Waals surface area (Å²) in [7, 11) is 0. The highest BCUT2D eigenvalue weighted by molar-refractivity contribution is 5.77. The van der Waals surface area contributed by atoms with E-state index in [0.29, 0.717) is 36.0 Å². The van der Waals surface area contributed by atoms with Crippen LogP contribution in [0.2, 0.25) is 0 Å². The average Bonchev–Trinajstić information content (AvgIpc) is 2.65. The molecule has 1 unspecified atom stereocenters. The number of hydrogen-bond donors (Lipinski definition) is 2. The summed E-state index contributed by atoms with van der Waals surface area (Å²) in [5.74, 6) is 1.66. The zero-order valence-electron chi connectivity index (χ0n) is 15.0. The van der Waals surface area contributed by atoms with Gasteiger partial charge in [0, 0.05) is 6.54 Å². The Morgan fingerprint density at radius 2 is 1.92 bits per heavy atom. The Hall–Kier alpha value is -2.73. The largest absolute Gasteiger partial charge is 0.486 e. The van der Waals surface area contributed by atoms with Crippen LogP contribution in [0.4, 0.5) is 0 Å². The smallest absolute Gasteiger partial charge is 0.258 e. The highest BCUT2D eigenvalue weighted by Crippen LogP contribution is 2.32. The van der Waals surface area contributed by atoms with Crippen LogP contribution in [0, 0.1) is 13.8 Å². The molecule has 6 nitrogen and oxygen atoms in total. The highest BCUT2D eigenvalue weighted by Gasteiger charge is 2.16. The maximum Gasteiger partial charge on any atom is 0.258 e. The van der Waals surface area contributed by atoms with Crippen molar-refractivity contribution in [1.29, 1.82) is 0 Å². The molecule has 0 aliphatic carbocycles. The fraction of sp³-hybridized carbons (Fsp3) is 0.350. The summed E-state index contributed by atoms with van der Waals surface area (Å²) in [6, 6.07) is 11.0. The summed E-state index contributed by atoms with van der Waals surface area (Å²) in [6.45, 7) is 4.94. The lowest BCUT2D eigenvalue weighted by Gasteiger charge is -2.20. The van der Waals surface area contributed by atoms with Gasteiger partial charge in [0.25, 0.3) is 5.91 Å². The van der Waals surface area contributed by atoms with Crippen molar-refractivity contribution >= 4 is 5.91 Å². The van der Waals surface area contributed by atoms with Gasteiger partial charge in [-0.05, 0) is 43.2 Å². The van der Waals surface area contributed by atoms with E-state index in [9.17, 15) is 9.90 Å². The van der Waals surface area contributed by atoms with Crippen molar-refractivity contribution in [2.45, 2.75) is 20.0 Å². The Kier molecular flexibility index (Phi) is 5.63. The molecule has 2 N–H and O–H groups in total. The number of aliphatic hydroxyl groups excluding tert-OH is 1. The number of rotatable bonds is 6. The first-order chi connectivity index (χ1) is 12.5. The number of aliphatic hydroxyl groups is 1. The first kappa shape index (κ1) is 18.1. The summed E-state index contributed by atoms with van der Waals surface area (Å²) < 4.78 is 16.5. The molecule has 0 fully saturated rings. The quantitative estimate of drug-likeness (QED) is 0.830. The lowest BCUT2D eigenvalue weighted by molar-refractivity contribution is -0.123. The number of carbonyl (C=O) groups excluding carboxylic acids is 1. The van der Waals surface area contributed by atoms with Crippen molar-refractivity contribution in [3.63, 3.8) is 0 Å². The standard InChI is InChI=1S/C20H23NO5/c1-13-3-5-17(14(2)9-13)26-12-20(23)21-11-16(22)15-4-6-18-19(10-15)25-8-7-24-18/h3-6,9-10,16,22H,7-8,11-12H2,1-2H3,(H,21,23). The molecule has 138 valence electrons. The molecule has 0 aromatic heterocycles. The van der Waals surface area contributed by atoms with Crippen LogP contribution in [-0.2, 0) is 4.79 Å². The molecule has 0 spiro atoms.